The Morgan fingerprint density at radius 2 is 2.60 bits per heavy atom. The number of rotatable bonds is 2. The normalized spacial score (nSPS) is 22.0. The van der Waals surface area contributed by atoms with Gasteiger partial charge in [0.05, 0.1) is 6.10 Å². The van der Waals surface area contributed by atoms with E-state index >= 15 is 0 Å². The van der Waals surface area contributed by atoms with E-state index in [2.05, 4.69) is 11.4 Å². The molecule has 1 rings (SSSR count). The molecule has 0 aromatic heterocycles. The molecular weight excluding hydrogens is 126 g/mol. The summed E-state index contributed by atoms with van der Waals surface area (Å²) in [6.07, 6.45) is 3.95. The molecule has 1 aliphatic rings. The number of hydrogen-bond donors (Lipinski definition) is 2. The smallest absolute Gasteiger partial charge is 0.0549 e. The fourth-order valence-electron chi connectivity index (χ4n) is 1.23. The highest BCUT2D eigenvalue weighted by Gasteiger charge is 2.04. The van der Waals surface area contributed by atoms with Crippen LogP contribution in [0.4, 0.5) is 0 Å². The summed E-state index contributed by atoms with van der Waals surface area (Å²) in [5, 5.41) is 12.3. The minimum Gasteiger partial charge on any atom is -0.393 e. The molecule has 2 heteroatoms. The second-order valence-corrected chi connectivity index (χ2v) is 2.87. The second-order valence-electron chi connectivity index (χ2n) is 2.87. The Bertz CT molecular complexity index is 129. The zero-order chi connectivity index (χ0) is 7.40. The van der Waals surface area contributed by atoms with Gasteiger partial charge in [-0.15, -0.1) is 0 Å². The lowest BCUT2D eigenvalue weighted by Gasteiger charge is -2.14. The van der Waals surface area contributed by atoms with E-state index in [1.54, 1.807) is 0 Å². The summed E-state index contributed by atoms with van der Waals surface area (Å²) in [5.41, 5.74) is 1.40. The van der Waals surface area contributed by atoms with Crippen molar-refractivity contribution in [1.29, 1.82) is 0 Å². The zero-order valence-corrected chi connectivity index (χ0v) is 6.43. The highest BCUT2D eigenvalue weighted by Crippen LogP contribution is 2.10. The van der Waals surface area contributed by atoms with Gasteiger partial charge in [0.1, 0.15) is 0 Å². The van der Waals surface area contributed by atoms with Crippen LogP contribution in [0.25, 0.3) is 0 Å². The van der Waals surface area contributed by atoms with Gasteiger partial charge in [0.15, 0.2) is 0 Å². The Morgan fingerprint density at radius 1 is 1.80 bits per heavy atom. The summed E-state index contributed by atoms with van der Waals surface area (Å²) in [6.45, 7) is 3.88. The Kier molecular flexibility index (Phi) is 2.90. The minimum absolute atomic E-state index is 0.177. The fraction of sp³-hybridized carbons (Fsp3) is 0.750. The van der Waals surface area contributed by atoms with E-state index in [0.717, 1.165) is 25.9 Å². The molecule has 0 saturated carbocycles. The highest BCUT2D eigenvalue weighted by molar-refractivity contribution is 5.07. The molecule has 0 amide bonds. The third kappa shape index (κ3) is 2.50. The molecule has 1 atom stereocenters. The van der Waals surface area contributed by atoms with Crippen LogP contribution in [0.5, 0.6) is 0 Å². The molecule has 0 aromatic carbocycles. The molecule has 0 aromatic rings. The lowest BCUT2D eigenvalue weighted by Crippen LogP contribution is -2.21. The van der Waals surface area contributed by atoms with Gasteiger partial charge in [-0.25, -0.2) is 0 Å². The largest absolute Gasteiger partial charge is 0.393 e. The maximum absolute atomic E-state index is 9.04. The van der Waals surface area contributed by atoms with Crippen LogP contribution in [-0.4, -0.2) is 24.3 Å². The van der Waals surface area contributed by atoms with Gasteiger partial charge in [0.2, 0.25) is 0 Å². The molecular formula is C8H15NO. The second kappa shape index (κ2) is 3.74. The summed E-state index contributed by atoms with van der Waals surface area (Å²) in [4.78, 5) is 0. The van der Waals surface area contributed by atoms with Crippen LogP contribution in [0.1, 0.15) is 19.8 Å². The molecule has 0 spiro atoms. The molecule has 10 heavy (non-hydrogen) atoms. The van der Waals surface area contributed by atoms with Gasteiger partial charge in [-0.3, -0.25) is 0 Å². The van der Waals surface area contributed by atoms with Crippen LogP contribution in [-0.2, 0) is 0 Å². The molecule has 2 nitrogen and oxygen atoms in total. The van der Waals surface area contributed by atoms with Crippen LogP contribution in [0.15, 0.2) is 11.6 Å². The quantitative estimate of drug-likeness (QED) is 0.554. The van der Waals surface area contributed by atoms with Crippen molar-refractivity contribution >= 4 is 0 Å². The van der Waals surface area contributed by atoms with Crippen molar-refractivity contribution in [1.82, 2.24) is 5.32 Å². The van der Waals surface area contributed by atoms with Crippen molar-refractivity contribution in [2.24, 2.45) is 0 Å². The van der Waals surface area contributed by atoms with E-state index in [1.807, 2.05) is 6.92 Å². The zero-order valence-electron chi connectivity index (χ0n) is 6.43. The van der Waals surface area contributed by atoms with E-state index in [0.29, 0.717) is 0 Å². The summed E-state index contributed by atoms with van der Waals surface area (Å²) < 4.78 is 0. The van der Waals surface area contributed by atoms with Crippen molar-refractivity contribution in [3.63, 3.8) is 0 Å². The molecule has 1 aliphatic heterocycles. The number of hydrogen-bond acceptors (Lipinski definition) is 2. The number of aliphatic hydroxyl groups excluding tert-OH is 1. The molecule has 0 aliphatic carbocycles. The third-order valence-electron chi connectivity index (χ3n) is 1.72. The molecule has 58 valence electrons. The van der Waals surface area contributed by atoms with E-state index in [9.17, 15) is 0 Å². The van der Waals surface area contributed by atoms with Gasteiger partial charge < -0.3 is 10.4 Å². The van der Waals surface area contributed by atoms with Crippen LogP contribution >= 0.6 is 0 Å². The Balaban J connectivity index is 2.31. The van der Waals surface area contributed by atoms with Crippen LogP contribution in [0.2, 0.25) is 0 Å². The van der Waals surface area contributed by atoms with Gasteiger partial charge in [0.25, 0.3) is 0 Å². The van der Waals surface area contributed by atoms with Gasteiger partial charge in [-0.2, -0.15) is 0 Å². The molecule has 0 fully saturated rings. The van der Waals surface area contributed by atoms with Crippen molar-refractivity contribution in [3.8, 4) is 0 Å². The van der Waals surface area contributed by atoms with Crippen molar-refractivity contribution in [2.45, 2.75) is 25.9 Å². The van der Waals surface area contributed by atoms with Crippen molar-refractivity contribution in [2.75, 3.05) is 13.1 Å². The maximum atomic E-state index is 9.04. The molecule has 2 N–H and O–H groups in total. The third-order valence-corrected chi connectivity index (χ3v) is 1.72. The molecule has 0 radical (unpaired) electrons. The van der Waals surface area contributed by atoms with Gasteiger partial charge >= 0.3 is 0 Å². The van der Waals surface area contributed by atoms with Gasteiger partial charge in [0, 0.05) is 6.54 Å². The monoisotopic (exact) mass is 141 g/mol. The van der Waals surface area contributed by atoms with E-state index in [4.69, 9.17) is 5.11 Å². The first-order valence-corrected chi connectivity index (χ1v) is 3.85. The van der Waals surface area contributed by atoms with Gasteiger partial charge in [-0.1, -0.05) is 11.6 Å². The standard InChI is InChI=1S/C8H15NO/c1-7(10)6-8-2-4-9-5-3-8/h2,7,9-10H,3-6H2,1H3. The first kappa shape index (κ1) is 7.76. The van der Waals surface area contributed by atoms with Crippen LogP contribution in [0, 0.1) is 0 Å². The van der Waals surface area contributed by atoms with Crippen LogP contribution < -0.4 is 5.32 Å². The predicted molar refractivity (Wildman–Crippen MR) is 41.9 cm³/mol. The van der Waals surface area contributed by atoms with Crippen LogP contribution in [0.3, 0.4) is 0 Å². The van der Waals surface area contributed by atoms with E-state index in [-0.39, 0.29) is 6.10 Å². The topological polar surface area (TPSA) is 32.3 Å². The SMILES string of the molecule is CC(O)CC1=CCNCC1. The fourth-order valence-corrected chi connectivity index (χ4v) is 1.23. The first-order valence-electron chi connectivity index (χ1n) is 3.85. The summed E-state index contributed by atoms with van der Waals surface area (Å²) in [5.74, 6) is 0. The van der Waals surface area contributed by atoms with E-state index in [1.165, 1.54) is 5.57 Å². The number of nitrogens with one attached hydrogen (secondary N) is 1. The lowest BCUT2D eigenvalue weighted by atomic mass is 10.0. The Hall–Kier alpha value is -0.340. The summed E-state index contributed by atoms with van der Waals surface area (Å²) in [7, 11) is 0. The maximum Gasteiger partial charge on any atom is 0.0549 e. The lowest BCUT2D eigenvalue weighted by molar-refractivity contribution is 0.193. The summed E-state index contributed by atoms with van der Waals surface area (Å²) >= 11 is 0. The summed E-state index contributed by atoms with van der Waals surface area (Å²) in [6, 6.07) is 0. The van der Waals surface area contributed by atoms with Crippen molar-refractivity contribution < 1.29 is 5.11 Å². The Labute approximate surface area is 61.9 Å². The Morgan fingerprint density at radius 3 is 3.10 bits per heavy atom. The molecule has 0 bridgehead atoms. The minimum atomic E-state index is -0.177. The molecule has 1 unspecified atom stereocenters. The average molecular weight is 141 g/mol. The molecule has 0 saturated heterocycles. The van der Waals surface area contributed by atoms with E-state index < -0.39 is 0 Å². The average Bonchev–Trinajstić information content (AvgIpc) is 1.88. The van der Waals surface area contributed by atoms with Crippen molar-refractivity contribution in [3.05, 3.63) is 11.6 Å². The number of aliphatic hydroxyl groups is 1. The highest BCUT2D eigenvalue weighted by atomic mass is 16.3. The molecule has 1 heterocycles. The van der Waals surface area contributed by atoms with Gasteiger partial charge in [-0.05, 0) is 26.3 Å². The predicted octanol–water partition coefficient (Wildman–Crippen LogP) is 0.677. The first-order chi connectivity index (χ1) is 4.79.